The van der Waals surface area contributed by atoms with Crippen molar-refractivity contribution in [2.45, 2.75) is 13.8 Å². The van der Waals surface area contributed by atoms with Crippen LogP contribution in [-0.4, -0.2) is 49.4 Å². The van der Waals surface area contributed by atoms with Gasteiger partial charge in [0.1, 0.15) is 5.82 Å². The van der Waals surface area contributed by atoms with Crippen molar-refractivity contribution < 1.29 is 14.0 Å². The zero-order valence-electron chi connectivity index (χ0n) is 12.4. The Morgan fingerprint density at radius 1 is 1.24 bits per heavy atom. The molecule has 0 aromatic heterocycles. The van der Waals surface area contributed by atoms with Gasteiger partial charge in [0, 0.05) is 38.3 Å². The predicted octanol–water partition coefficient (Wildman–Crippen LogP) is 1.88. The van der Waals surface area contributed by atoms with Crippen molar-refractivity contribution in [3.8, 4) is 0 Å². The first-order valence-corrected chi connectivity index (χ1v) is 7.11. The summed E-state index contributed by atoms with van der Waals surface area (Å²) < 4.78 is 14.1. The molecule has 0 radical (unpaired) electrons. The van der Waals surface area contributed by atoms with Crippen LogP contribution in [0.4, 0.5) is 14.9 Å². The molecule has 21 heavy (non-hydrogen) atoms. The third-order valence-electron chi connectivity index (χ3n) is 3.59. The lowest BCUT2D eigenvalue weighted by Gasteiger charge is -2.36. The van der Waals surface area contributed by atoms with Crippen molar-refractivity contribution in [2.24, 2.45) is 0 Å². The van der Waals surface area contributed by atoms with Crippen molar-refractivity contribution in [1.82, 2.24) is 10.2 Å². The van der Waals surface area contributed by atoms with Crippen LogP contribution in [0.5, 0.6) is 0 Å². The van der Waals surface area contributed by atoms with Gasteiger partial charge in [-0.2, -0.15) is 0 Å². The van der Waals surface area contributed by atoms with Crippen molar-refractivity contribution in [2.75, 3.05) is 37.6 Å². The number of benzene rings is 1. The number of Topliss-reactive ketones (excluding diaryl/α,β-unsaturated/α-hetero) is 1. The lowest BCUT2D eigenvalue weighted by molar-refractivity contribution is 0.101. The number of piperazine rings is 1. The molecule has 1 aromatic rings. The standard InChI is InChI=1S/C15H20FN3O2/c1-3-17-15(21)19-8-6-18(7-9-19)14-5-4-12(11(2)20)10-13(14)16/h4-5,10H,3,6-9H2,1-2H3,(H,17,21). The van der Waals surface area contributed by atoms with Crippen LogP contribution in [-0.2, 0) is 0 Å². The second kappa shape index (κ2) is 6.56. The molecule has 0 spiro atoms. The number of hydrogen-bond donors (Lipinski definition) is 1. The van der Waals surface area contributed by atoms with Gasteiger partial charge in [0.2, 0.25) is 0 Å². The maximum Gasteiger partial charge on any atom is 0.317 e. The lowest BCUT2D eigenvalue weighted by Crippen LogP contribution is -2.52. The zero-order chi connectivity index (χ0) is 15.4. The number of carbonyl (C=O) groups is 2. The third kappa shape index (κ3) is 3.51. The summed E-state index contributed by atoms with van der Waals surface area (Å²) in [5, 5.41) is 2.76. The summed E-state index contributed by atoms with van der Waals surface area (Å²) in [6.07, 6.45) is 0. The molecule has 0 bridgehead atoms. The van der Waals surface area contributed by atoms with Gasteiger partial charge in [0.05, 0.1) is 5.69 Å². The Bertz CT molecular complexity index is 540. The molecule has 5 nitrogen and oxygen atoms in total. The molecule has 0 atom stereocenters. The van der Waals surface area contributed by atoms with Gasteiger partial charge in [-0.25, -0.2) is 9.18 Å². The maximum atomic E-state index is 14.1. The normalized spacial score (nSPS) is 15.0. The molecule has 1 aromatic carbocycles. The number of nitrogens with zero attached hydrogens (tertiary/aromatic N) is 2. The van der Waals surface area contributed by atoms with E-state index in [-0.39, 0.29) is 11.8 Å². The van der Waals surface area contributed by atoms with Gasteiger partial charge < -0.3 is 15.1 Å². The number of rotatable bonds is 3. The Morgan fingerprint density at radius 3 is 2.43 bits per heavy atom. The number of anilines is 1. The maximum absolute atomic E-state index is 14.1. The summed E-state index contributed by atoms with van der Waals surface area (Å²) in [7, 11) is 0. The fraction of sp³-hybridized carbons (Fsp3) is 0.467. The van der Waals surface area contributed by atoms with E-state index in [1.807, 2.05) is 11.8 Å². The summed E-state index contributed by atoms with van der Waals surface area (Å²) in [5.74, 6) is -0.546. The molecule has 2 amide bonds. The molecule has 1 aliphatic rings. The van der Waals surface area contributed by atoms with Crippen LogP contribution < -0.4 is 10.2 Å². The molecule has 114 valence electrons. The smallest absolute Gasteiger partial charge is 0.317 e. The molecule has 1 aliphatic heterocycles. The molecule has 2 rings (SSSR count). The fourth-order valence-electron chi connectivity index (χ4n) is 2.40. The number of hydrogen-bond acceptors (Lipinski definition) is 3. The lowest BCUT2D eigenvalue weighted by atomic mass is 10.1. The first-order valence-electron chi connectivity index (χ1n) is 7.11. The molecular weight excluding hydrogens is 273 g/mol. The number of ketones is 1. The molecule has 6 heteroatoms. The number of nitrogens with one attached hydrogen (secondary N) is 1. The van der Waals surface area contributed by atoms with E-state index in [2.05, 4.69) is 5.32 Å². The number of amides is 2. The predicted molar refractivity (Wildman–Crippen MR) is 79.3 cm³/mol. The molecule has 0 unspecified atom stereocenters. The minimum Gasteiger partial charge on any atom is -0.366 e. The van der Waals surface area contributed by atoms with Crippen LogP contribution in [0, 0.1) is 5.82 Å². The quantitative estimate of drug-likeness (QED) is 0.866. The highest BCUT2D eigenvalue weighted by molar-refractivity contribution is 5.94. The van der Waals surface area contributed by atoms with Gasteiger partial charge in [-0.15, -0.1) is 0 Å². The second-order valence-corrected chi connectivity index (χ2v) is 5.03. The molecule has 1 saturated heterocycles. The highest BCUT2D eigenvalue weighted by atomic mass is 19.1. The highest BCUT2D eigenvalue weighted by Gasteiger charge is 2.22. The second-order valence-electron chi connectivity index (χ2n) is 5.03. The van der Waals surface area contributed by atoms with Crippen LogP contribution in [0.15, 0.2) is 18.2 Å². The van der Waals surface area contributed by atoms with E-state index in [4.69, 9.17) is 0 Å². The first kappa shape index (κ1) is 15.3. The van der Waals surface area contributed by atoms with Gasteiger partial charge >= 0.3 is 6.03 Å². The van der Waals surface area contributed by atoms with Crippen molar-refractivity contribution >= 4 is 17.5 Å². The summed E-state index contributed by atoms with van der Waals surface area (Å²) in [6.45, 7) is 6.15. The van der Waals surface area contributed by atoms with Gasteiger partial charge in [-0.1, -0.05) is 0 Å². The summed E-state index contributed by atoms with van der Waals surface area (Å²) in [5.41, 5.74) is 0.854. The Hall–Kier alpha value is -2.11. The third-order valence-corrected chi connectivity index (χ3v) is 3.59. The van der Waals surface area contributed by atoms with E-state index in [9.17, 15) is 14.0 Å². The van der Waals surface area contributed by atoms with Crippen LogP contribution in [0.1, 0.15) is 24.2 Å². The van der Waals surface area contributed by atoms with Crippen molar-refractivity contribution in [3.05, 3.63) is 29.6 Å². The molecule has 1 N–H and O–H groups in total. The molecule has 0 saturated carbocycles. The van der Waals surface area contributed by atoms with E-state index in [1.54, 1.807) is 17.0 Å². The minimum atomic E-state index is -0.394. The Morgan fingerprint density at radius 2 is 1.90 bits per heavy atom. The number of carbonyl (C=O) groups excluding carboxylic acids is 2. The monoisotopic (exact) mass is 293 g/mol. The first-order chi connectivity index (χ1) is 10.0. The SMILES string of the molecule is CCNC(=O)N1CCN(c2ccc(C(C)=O)cc2F)CC1. The van der Waals surface area contributed by atoms with Crippen molar-refractivity contribution in [1.29, 1.82) is 0 Å². The van der Waals surface area contributed by atoms with Gasteiger partial charge in [-0.05, 0) is 32.0 Å². The summed E-state index contributed by atoms with van der Waals surface area (Å²) in [4.78, 5) is 26.6. The fourth-order valence-corrected chi connectivity index (χ4v) is 2.40. The number of urea groups is 1. The van der Waals surface area contributed by atoms with Gasteiger partial charge in [0.25, 0.3) is 0 Å². The number of halogens is 1. The van der Waals surface area contributed by atoms with Crippen LogP contribution in [0.25, 0.3) is 0 Å². The molecule has 0 aliphatic carbocycles. The Labute approximate surface area is 123 Å². The topological polar surface area (TPSA) is 52.7 Å². The molecule has 1 heterocycles. The van der Waals surface area contributed by atoms with Gasteiger partial charge in [-0.3, -0.25) is 4.79 Å². The summed E-state index contributed by atoms with van der Waals surface area (Å²) >= 11 is 0. The summed E-state index contributed by atoms with van der Waals surface area (Å²) in [6, 6.07) is 4.46. The van der Waals surface area contributed by atoms with E-state index in [1.165, 1.54) is 13.0 Å². The average Bonchev–Trinajstić information content (AvgIpc) is 2.47. The minimum absolute atomic E-state index is 0.0791. The molecular formula is C15H20FN3O2. The molecule has 1 fully saturated rings. The van der Waals surface area contributed by atoms with E-state index >= 15 is 0 Å². The van der Waals surface area contributed by atoms with Crippen LogP contribution >= 0.6 is 0 Å². The highest BCUT2D eigenvalue weighted by Crippen LogP contribution is 2.22. The zero-order valence-corrected chi connectivity index (χ0v) is 12.4. The van der Waals surface area contributed by atoms with Crippen molar-refractivity contribution in [3.63, 3.8) is 0 Å². The van der Waals surface area contributed by atoms with E-state index in [0.29, 0.717) is 44.0 Å². The van der Waals surface area contributed by atoms with Crippen LogP contribution in [0.2, 0.25) is 0 Å². The van der Waals surface area contributed by atoms with Crippen LogP contribution in [0.3, 0.4) is 0 Å². The largest absolute Gasteiger partial charge is 0.366 e. The average molecular weight is 293 g/mol. The Kier molecular flexibility index (Phi) is 4.77. The van der Waals surface area contributed by atoms with Gasteiger partial charge in [0.15, 0.2) is 5.78 Å². The van der Waals surface area contributed by atoms with E-state index < -0.39 is 5.82 Å². The Balaban J connectivity index is 2.02. The van der Waals surface area contributed by atoms with E-state index in [0.717, 1.165) is 0 Å².